The fraction of sp³-hybridized carbons (Fsp3) is 0.538. The van der Waals surface area contributed by atoms with Crippen molar-refractivity contribution >= 4 is 0 Å². The van der Waals surface area contributed by atoms with Gasteiger partial charge in [-0.1, -0.05) is 12.1 Å². The third-order valence-corrected chi connectivity index (χ3v) is 2.31. The number of rotatable bonds is 8. The summed E-state index contributed by atoms with van der Waals surface area (Å²) in [7, 11) is 0. The van der Waals surface area contributed by atoms with Gasteiger partial charge in [0.1, 0.15) is 19.3 Å². The molecule has 4 heteroatoms. The van der Waals surface area contributed by atoms with Gasteiger partial charge in [0.2, 0.25) is 0 Å². The van der Waals surface area contributed by atoms with Gasteiger partial charge in [-0.3, -0.25) is 0 Å². The maximum Gasteiger partial charge on any atom is 0.161 e. The lowest BCUT2D eigenvalue weighted by Gasteiger charge is -2.13. The second kappa shape index (κ2) is 7.92. The van der Waals surface area contributed by atoms with Crippen molar-refractivity contribution in [3.8, 4) is 11.5 Å². The fourth-order valence-electron chi connectivity index (χ4n) is 1.46. The number of ether oxygens (including phenoxy) is 2. The van der Waals surface area contributed by atoms with Crippen molar-refractivity contribution in [2.75, 3.05) is 26.3 Å². The van der Waals surface area contributed by atoms with Gasteiger partial charge >= 0.3 is 0 Å². The molecule has 0 heterocycles. The Morgan fingerprint density at radius 3 is 2.41 bits per heavy atom. The molecule has 3 N–H and O–H groups in total. The van der Waals surface area contributed by atoms with E-state index in [0.29, 0.717) is 25.5 Å². The standard InChI is InChI=1S/C13H21NO3/c1-3-14-9-11(15)10-17-13-8-6-5-7-12(13)16-4-2/h5-8,11,14-15H,3-4,9-10H2,1-2H3/p+1/t11-/m0/s1. The molecule has 17 heavy (non-hydrogen) atoms. The van der Waals surface area contributed by atoms with E-state index in [0.717, 1.165) is 12.3 Å². The monoisotopic (exact) mass is 240 g/mol. The number of para-hydroxylation sites is 2. The van der Waals surface area contributed by atoms with Crippen LogP contribution in [0.2, 0.25) is 0 Å². The average Bonchev–Trinajstić information content (AvgIpc) is 2.35. The lowest BCUT2D eigenvalue weighted by atomic mass is 10.3. The molecule has 0 spiro atoms. The highest BCUT2D eigenvalue weighted by Crippen LogP contribution is 2.26. The summed E-state index contributed by atoms with van der Waals surface area (Å²) < 4.78 is 11.0. The number of quaternary nitrogens is 1. The number of likely N-dealkylation sites (N-methyl/N-ethyl adjacent to an activating group) is 1. The topological polar surface area (TPSA) is 55.3 Å². The SMILES string of the molecule is CC[NH2+]C[C@H](O)COc1ccccc1OCC. The van der Waals surface area contributed by atoms with E-state index in [1.165, 1.54) is 0 Å². The largest absolute Gasteiger partial charge is 0.490 e. The molecule has 0 fully saturated rings. The summed E-state index contributed by atoms with van der Waals surface area (Å²) in [6.07, 6.45) is -0.454. The Labute approximate surface area is 103 Å². The van der Waals surface area contributed by atoms with Crippen LogP contribution in [0.15, 0.2) is 24.3 Å². The van der Waals surface area contributed by atoms with Gasteiger partial charge in [-0.25, -0.2) is 0 Å². The molecule has 4 nitrogen and oxygen atoms in total. The Hall–Kier alpha value is -1.26. The molecule has 0 amide bonds. The smallest absolute Gasteiger partial charge is 0.161 e. The van der Waals surface area contributed by atoms with Crippen molar-refractivity contribution in [2.24, 2.45) is 0 Å². The van der Waals surface area contributed by atoms with Gasteiger partial charge in [-0.05, 0) is 26.0 Å². The molecule has 1 rings (SSSR count). The number of aliphatic hydroxyl groups excluding tert-OH is 1. The first kappa shape index (κ1) is 13.8. The molecular formula is C13H22NO3+. The van der Waals surface area contributed by atoms with E-state index in [4.69, 9.17) is 9.47 Å². The highest BCUT2D eigenvalue weighted by molar-refractivity contribution is 5.39. The van der Waals surface area contributed by atoms with Crippen molar-refractivity contribution in [2.45, 2.75) is 20.0 Å². The first-order chi connectivity index (χ1) is 8.27. The first-order valence-corrected chi connectivity index (χ1v) is 6.12. The lowest BCUT2D eigenvalue weighted by molar-refractivity contribution is -0.658. The Balaban J connectivity index is 2.44. The van der Waals surface area contributed by atoms with Crippen molar-refractivity contribution in [1.82, 2.24) is 0 Å². The zero-order chi connectivity index (χ0) is 12.5. The Kier molecular flexibility index (Phi) is 6.43. The molecule has 0 aliphatic rings. The van der Waals surface area contributed by atoms with E-state index in [1.807, 2.05) is 36.5 Å². The highest BCUT2D eigenvalue weighted by Gasteiger charge is 2.09. The van der Waals surface area contributed by atoms with Gasteiger partial charge in [0.05, 0.1) is 13.2 Å². The predicted octanol–water partition coefficient (Wildman–Crippen LogP) is 0.408. The van der Waals surface area contributed by atoms with Gasteiger partial charge in [0.25, 0.3) is 0 Å². The van der Waals surface area contributed by atoms with Gasteiger partial charge < -0.3 is 19.9 Å². The summed E-state index contributed by atoms with van der Waals surface area (Å²) in [6.45, 7) is 6.51. The van der Waals surface area contributed by atoms with Crippen LogP contribution in [0.4, 0.5) is 0 Å². The van der Waals surface area contributed by atoms with Gasteiger partial charge in [-0.15, -0.1) is 0 Å². The molecule has 1 atom stereocenters. The van der Waals surface area contributed by atoms with E-state index in [9.17, 15) is 5.11 Å². The number of hydrogen-bond donors (Lipinski definition) is 2. The van der Waals surface area contributed by atoms with Crippen LogP contribution in [0.1, 0.15) is 13.8 Å². The normalized spacial score (nSPS) is 12.2. The zero-order valence-electron chi connectivity index (χ0n) is 10.6. The van der Waals surface area contributed by atoms with E-state index >= 15 is 0 Å². The second-order valence-electron chi connectivity index (χ2n) is 3.78. The van der Waals surface area contributed by atoms with E-state index in [1.54, 1.807) is 0 Å². The van der Waals surface area contributed by atoms with Crippen LogP contribution in [0.3, 0.4) is 0 Å². The molecule has 96 valence electrons. The minimum atomic E-state index is -0.454. The molecule has 0 aliphatic carbocycles. The summed E-state index contributed by atoms with van der Waals surface area (Å²) >= 11 is 0. The highest BCUT2D eigenvalue weighted by atomic mass is 16.5. The molecule has 0 radical (unpaired) electrons. The molecular weight excluding hydrogens is 218 g/mol. The number of nitrogens with two attached hydrogens (primary N) is 1. The molecule has 0 saturated carbocycles. The summed E-state index contributed by atoms with van der Waals surface area (Å²) in [5.41, 5.74) is 0. The van der Waals surface area contributed by atoms with Crippen molar-refractivity contribution in [3.63, 3.8) is 0 Å². The van der Waals surface area contributed by atoms with Crippen LogP contribution in [0, 0.1) is 0 Å². The van der Waals surface area contributed by atoms with E-state index in [-0.39, 0.29) is 0 Å². The molecule has 1 aromatic rings. The van der Waals surface area contributed by atoms with Gasteiger partial charge in [0.15, 0.2) is 11.5 Å². The number of benzene rings is 1. The van der Waals surface area contributed by atoms with Gasteiger partial charge in [0, 0.05) is 0 Å². The third-order valence-electron chi connectivity index (χ3n) is 2.31. The molecule has 1 aromatic carbocycles. The van der Waals surface area contributed by atoms with Crippen molar-refractivity contribution in [3.05, 3.63) is 24.3 Å². The van der Waals surface area contributed by atoms with Crippen molar-refractivity contribution < 1.29 is 19.9 Å². The predicted molar refractivity (Wildman–Crippen MR) is 66.4 cm³/mol. The number of aliphatic hydroxyl groups is 1. The van der Waals surface area contributed by atoms with Crippen LogP contribution < -0.4 is 14.8 Å². The maximum absolute atomic E-state index is 9.67. The Morgan fingerprint density at radius 2 is 1.82 bits per heavy atom. The third kappa shape index (κ3) is 5.06. The minimum absolute atomic E-state index is 0.292. The maximum atomic E-state index is 9.67. The lowest BCUT2D eigenvalue weighted by Crippen LogP contribution is -2.86. The molecule has 0 bridgehead atoms. The van der Waals surface area contributed by atoms with Gasteiger partial charge in [-0.2, -0.15) is 0 Å². The van der Waals surface area contributed by atoms with E-state index < -0.39 is 6.10 Å². The fourth-order valence-corrected chi connectivity index (χ4v) is 1.46. The van der Waals surface area contributed by atoms with Crippen LogP contribution in [0.5, 0.6) is 11.5 Å². The Bertz CT molecular complexity index is 317. The van der Waals surface area contributed by atoms with E-state index in [2.05, 4.69) is 6.92 Å². The molecule has 0 aliphatic heterocycles. The number of hydrogen-bond acceptors (Lipinski definition) is 3. The quantitative estimate of drug-likeness (QED) is 0.692. The first-order valence-electron chi connectivity index (χ1n) is 6.12. The summed E-state index contributed by atoms with van der Waals surface area (Å²) in [5, 5.41) is 11.7. The van der Waals surface area contributed by atoms with Crippen molar-refractivity contribution in [1.29, 1.82) is 0 Å². The Morgan fingerprint density at radius 1 is 1.18 bits per heavy atom. The van der Waals surface area contributed by atoms with Crippen LogP contribution in [-0.4, -0.2) is 37.5 Å². The molecule has 0 saturated heterocycles. The zero-order valence-corrected chi connectivity index (χ0v) is 10.6. The van der Waals surface area contributed by atoms with Crippen LogP contribution >= 0.6 is 0 Å². The summed E-state index contributed by atoms with van der Waals surface area (Å²) in [6, 6.07) is 7.51. The summed E-state index contributed by atoms with van der Waals surface area (Å²) in [4.78, 5) is 0. The van der Waals surface area contributed by atoms with Crippen LogP contribution in [-0.2, 0) is 0 Å². The summed E-state index contributed by atoms with van der Waals surface area (Å²) in [5.74, 6) is 1.41. The second-order valence-corrected chi connectivity index (χ2v) is 3.78. The minimum Gasteiger partial charge on any atom is -0.490 e. The molecule has 0 unspecified atom stereocenters. The molecule has 0 aromatic heterocycles. The average molecular weight is 240 g/mol. The van der Waals surface area contributed by atoms with Crippen LogP contribution in [0.25, 0.3) is 0 Å².